The van der Waals surface area contributed by atoms with Crippen LogP contribution in [0.2, 0.25) is 0 Å². The van der Waals surface area contributed by atoms with Gasteiger partial charge < -0.3 is 15.2 Å². The van der Waals surface area contributed by atoms with Crippen LogP contribution in [-0.2, 0) is 9.53 Å². The Hall–Kier alpha value is -0.610. The molecule has 2 N–H and O–H groups in total. The number of rotatable bonds is 1. The van der Waals surface area contributed by atoms with Crippen molar-refractivity contribution < 1.29 is 14.6 Å². The van der Waals surface area contributed by atoms with Crippen molar-refractivity contribution in [3.63, 3.8) is 0 Å². The van der Waals surface area contributed by atoms with Gasteiger partial charge in [-0.1, -0.05) is 0 Å². The second-order valence-corrected chi connectivity index (χ2v) is 2.25. The van der Waals surface area contributed by atoms with E-state index in [0.29, 0.717) is 26.2 Å². The second kappa shape index (κ2) is 3.53. The van der Waals surface area contributed by atoms with Crippen molar-refractivity contribution in [2.45, 2.75) is 12.5 Å². The molecule has 1 heterocycles. The van der Waals surface area contributed by atoms with Gasteiger partial charge in [-0.05, 0) is 6.42 Å². The van der Waals surface area contributed by atoms with Gasteiger partial charge in [-0.3, -0.25) is 4.79 Å². The number of ether oxygens (including phenoxy) is 1. The van der Waals surface area contributed by atoms with Gasteiger partial charge in [-0.15, -0.1) is 0 Å². The lowest BCUT2D eigenvalue weighted by Crippen LogP contribution is -2.36. The number of nitrogens with one attached hydrogen (secondary N) is 1. The van der Waals surface area contributed by atoms with Crippen molar-refractivity contribution in [3.8, 4) is 0 Å². The molecular weight excluding hydrogens is 134 g/mol. The molecule has 1 aliphatic rings. The van der Waals surface area contributed by atoms with E-state index in [1.54, 1.807) is 0 Å². The summed E-state index contributed by atoms with van der Waals surface area (Å²) in [5.74, 6) is -0.787. The molecule has 4 nitrogen and oxygen atoms in total. The Bertz CT molecular complexity index is 118. The summed E-state index contributed by atoms with van der Waals surface area (Å²) in [6.45, 7) is 1.80. The molecule has 0 aromatic rings. The van der Waals surface area contributed by atoms with Crippen molar-refractivity contribution in [3.05, 3.63) is 0 Å². The van der Waals surface area contributed by atoms with E-state index in [9.17, 15) is 4.79 Å². The van der Waals surface area contributed by atoms with Crippen molar-refractivity contribution in [2.24, 2.45) is 0 Å². The number of carbonyl (C=O) groups is 1. The van der Waals surface area contributed by atoms with Gasteiger partial charge in [0.15, 0.2) is 0 Å². The van der Waals surface area contributed by atoms with Crippen LogP contribution < -0.4 is 5.32 Å². The lowest BCUT2D eigenvalue weighted by Gasteiger charge is -2.07. The fourth-order valence-corrected chi connectivity index (χ4v) is 0.921. The molecule has 4 heteroatoms. The van der Waals surface area contributed by atoms with E-state index in [1.165, 1.54) is 0 Å². The van der Waals surface area contributed by atoms with Crippen LogP contribution in [0.1, 0.15) is 6.42 Å². The van der Waals surface area contributed by atoms with Gasteiger partial charge in [0.05, 0.1) is 6.61 Å². The Kier molecular flexibility index (Phi) is 2.65. The van der Waals surface area contributed by atoms with Gasteiger partial charge in [0.2, 0.25) is 0 Å². The highest BCUT2D eigenvalue weighted by Crippen LogP contribution is 1.96. The third-order valence-corrected chi connectivity index (χ3v) is 1.49. The number of hydrogen-bond donors (Lipinski definition) is 2. The predicted octanol–water partition coefficient (Wildman–Crippen LogP) is -0.550. The van der Waals surface area contributed by atoms with Crippen LogP contribution in [0.3, 0.4) is 0 Å². The number of carboxylic acids is 1. The Balaban J connectivity index is 2.35. The fourth-order valence-electron chi connectivity index (χ4n) is 0.921. The average Bonchev–Trinajstić information content (AvgIpc) is 2.12. The third-order valence-electron chi connectivity index (χ3n) is 1.49. The number of carboxylic acid groups (broad SMARTS) is 1. The molecule has 1 aliphatic heterocycles. The second-order valence-electron chi connectivity index (χ2n) is 2.25. The zero-order chi connectivity index (χ0) is 7.40. The van der Waals surface area contributed by atoms with E-state index in [0.717, 1.165) is 0 Å². The normalized spacial score (nSPS) is 27.4. The van der Waals surface area contributed by atoms with Crippen LogP contribution in [0.15, 0.2) is 0 Å². The summed E-state index contributed by atoms with van der Waals surface area (Å²) in [4.78, 5) is 10.4. The molecule has 0 saturated carbocycles. The van der Waals surface area contributed by atoms with Crippen LogP contribution in [-0.4, -0.2) is 36.9 Å². The molecule has 1 rings (SSSR count). The van der Waals surface area contributed by atoms with Gasteiger partial charge in [-0.2, -0.15) is 0 Å². The molecule has 58 valence electrons. The summed E-state index contributed by atoms with van der Waals surface area (Å²) in [7, 11) is 0. The molecule has 0 bridgehead atoms. The maximum absolute atomic E-state index is 10.4. The zero-order valence-electron chi connectivity index (χ0n) is 5.67. The smallest absolute Gasteiger partial charge is 0.320 e. The number of hydrogen-bond acceptors (Lipinski definition) is 3. The molecule has 0 aliphatic carbocycles. The largest absolute Gasteiger partial charge is 0.480 e. The van der Waals surface area contributed by atoms with Gasteiger partial charge in [0.1, 0.15) is 6.04 Å². The maximum Gasteiger partial charge on any atom is 0.320 e. The number of aliphatic carboxylic acids is 1. The molecule has 1 fully saturated rings. The minimum atomic E-state index is -0.787. The van der Waals surface area contributed by atoms with Gasteiger partial charge in [-0.25, -0.2) is 0 Å². The zero-order valence-corrected chi connectivity index (χ0v) is 5.67. The van der Waals surface area contributed by atoms with Crippen LogP contribution in [0, 0.1) is 0 Å². The summed E-state index contributed by atoms with van der Waals surface area (Å²) >= 11 is 0. The van der Waals surface area contributed by atoms with Crippen LogP contribution in [0.4, 0.5) is 0 Å². The summed E-state index contributed by atoms with van der Waals surface area (Å²) in [6, 6.07) is -0.414. The maximum atomic E-state index is 10.4. The van der Waals surface area contributed by atoms with E-state index >= 15 is 0 Å². The van der Waals surface area contributed by atoms with E-state index in [2.05, 4.69) is 5.32 Å². The summed E-state index contributed by atoms with van der Waals surface area (Å²) in [5, 5.41) is 11.4. The highest BCUT2D eigenvalue weighted by Gasteiger charge is 2.17. The van der Waals surface area contributed by atoms with E-state index in [1.807, 2.05) is 0 Å². The van der Waals surface area contributed by atoms with Crippen LogP contribution >= 0.6 is 0 Å². The molecule has 1 unspecified atom stereocenters. The molecule has 10 heavy (non-hydrogen) atoms. The first kappa shape index (κ1) is 7.50. The van der Waals surface area contributed by atoms with E-state index in [4.69, 9.17) is 9.84 Å². The lowest BCUT2D eigenvalue weighted by molar-refractivity contribution is -0.139. The Morgan fingerprint density at radius 2 is 2.40 bits per heavy atom. The van der Waals surface area contributed by atoms with Gasteiger partial charge in [0, 0.05) is 13.2 Å². The third kappa shape index (κ3) is 1.97. The molecule has 0 spiro atoms. The molecule has 0 amide bonds. The lowest BCUT2D eigenvalue weighted by atomic mass is 10.2. The van der Waals surface area contributed by atoms with Crippen molar-refractivity contribution in [2.75, 3.05) is 19.8 Å². The first-order valence-electron chi connectivity index (χ1n) is 3.34. The minimum absolute atomic E-state index is 0.414. The molecular formula is C6H11NO3. The van der Waals surface area contributed by atoms with Crippen molar-refractivity contribution in [1.29, 1.82) is 0 Å². The van der Waals surface area contributed by atoms with Gasteiger partial charge in [0.25, 0.3) is 0 Å². The predicted molar refractivity (Wildman–Crippen MR) is 34.9 cm³/mol. The van der Waals surface area contributed by atoms with E-state index < -0.39 is 12.0 Å². The minimum Gasteiger partial charge on any atom is -0.480 e. The molecule has 0 radical (unpaired) electrons. The quantitative estimate of drug-likeness (QED) is 0.519. The van der Waals surface area contributed by atoms with Gasteiger partial charge >= 0.3 is 5.97 Å². The monoisotopic (exact) mass is 145 g/mol. The summed E-state index contributed by atoms with van der Waals surface area (Å²) in [6.07, 6.45) is 0.565. The summed E-state index contributed by atoms with van der Waals surface area (Å²) in [5.41, 5.74) is 0. The molecule has 1 atom stereocenters. The highest BCUT2D eigenvalue weighted by atomic mass is 16.5. The Morgan fingerprint density at radius 3 is 3.10 bits per heavy atom. The Morgan fingerprint density at radius 1 is 1.60 bits per heavy atom. The van der Waals surface area contributed by atoms with E-state index in [-0.39, 0.29) is 0 Å². The van der Waals surface area contributed by atoms with Crippen LogP contribution in [0.5, 0.6) is 0 Å². The van der Waals surface area contributed by atoms with Crippen molar-refractivity contribution >= 4 is 5.97 Å². The SMILES string of the molecule is O=C(O)C1CCOCCN1. The van der Waals surface area contributed by atoms with Crippen molar-refractivity contribution in [1.82, 2.24) is 5.32 Å². The average molecular weight is 145 g/mol. The highest BCUT2D eigenvalue weighted by molar-refractivity contribution is 5.73. The summed E-state index contributed by atoms with van der Waals surface area (Å²) < 4.78 is 5.05. The Labute approximate surface area is 59.2 Å². The van der Waals surface area contributed by atoms with Crippen LogP contribution in [0.25, 0.3) is 0 Å². The fraction of sp³-hybridized carbons (Fsp3) is 0.833. The first-order chi connectivity index (χ1) is 4.80. The topological polar surface area (TPSA) is 58.6 Å². The molecule has 0 aromatic heterocycles. The standard InChI is InChI=1S/C6H11NO3/c8-6(9)5-1-3-10-4-2-7-5/h5,7H,1-4H2,(H,8,9). The molecule has 1 saturated heterocycles. The first-order valence-corrected chi connectivity index (χ1v) is 3.34. The molecule has 0 aromatic carbocycles.